The molecule has 10 nitrogen and oxygen atoms in total. The van der Waals surface area contributed by atoms with Gasteiger partial charge in [0.25, 0.3) is 5.95 Å². The Kier molecular flexibility index (Phi) is 4.54. The van der Waals surface area contributed by atoms with Crippen LogP contribution in [0.25, 0.3) is 0 Å². The van der Waals surface area contributed by atoms with Crippen LogP contribution in [0.2, 0.25) is 0 Å². The van der Waals surface area contributed by atoms with Gasteiger partial charge in [0, 0.05) is 12.1 Å². The molecule has 0 aliphatic carbocycles. The molecule has 2 rings (SSSR count). The molecular formula is C15H12N2O8. The standard InChI is InChI=1S/C15H12N2O8/c1-6(16-8-3-4-9(17(23)24)10(19)5-8)11-13(20)12(7(2)18)15(22)25-14(11)21/h3-5,19-20,22H,1-2H3. The number of phenolic OH excluding ortho intramolecular Hbond substituents is 1. The molecule has 0 aliphatic heterocycles. The van der Waals surface area contributed by atoms with Gasteiger partial charge in [-0.2, -0.15) is 0 Å². The molecular weight excluding hydrogens is 336 g/mol. The lowest BCUT2D eigenvalue weighted by Crippen LogP contribution is -2.15. The van der Waals surface area contributed by atoms with Gasteiger partial charge in [-0.3, -0.25) is 19.9 Å². The maximum Gasteiger partial charge on any atom is 0.351 e. The van der Waals surface area contributed by atoms with E-state index in [0.717, 1.165) is 19.1 Å². The van der Waals surface area contributed by atoms with Gasteiger partial charge in [-0.1, -0.05) is 0 Å². The molecule has 2 aromatic rings. The van der Waals surface area contributed by atoms with Gasteiger partial charge in [0.05, 0.1) is 16.3 Å². The normalized spacial score (nSPS) is 11.4. The minimum absolute atomic E-state index is 0.0526. The maximum atomic E-state index is 11.9. The molecule has 0 atom stereocenters. The summed E-state index contributed by atoms with van der Waals surface area (Å²) in [5.41, 5.74) is -2.73. The van der Waals surface area contributed by atoms with Crippen LogP contribution in [0.4, 0.5) is 11.4 Å². The molecule has 130 valence electrons. The quantitative estimate of drug-likeness (QED) is 0.327. The molecule has 0 aliphatic rings. The van der Waals surface area contributed by atoms with Crippen molar-refractivity contribution >= 4 is 22.9 Å². The number of benzene rings is 1. The topological polar surface area (TPSA) is 163 Å². The first-order chi connectivity index (χ1) is 11.6. The summed E-state index contributed by atoms with van der Waals surface area (Å²) in [6.45, 7) is 2.37. The average Bonchev–Trinajstić information content (AvgIpc) is 2.45. The van der Waals surface area contributed by atoms with Crippen LogP contribution in [0.5, 0.6) is 17.4 Å². The molecule has 0 bridgehead atoms. The van der Waals surface area contributed by atoms with E-state index in [1.54, 1.807) is 0 Å². The van der Waals surface area contributed by atoms with E-state index in [2.05, 4.69) is 9.41 Å². The first-order valence-electron chi connectivity index (χ1n) is 6.76. The molecule has 0 amide bonds. The van der Waals surface area contributed by atoms with Crippen LogP contribution < -0.4 is 5.63 Å². The summed E-state index contributed by atoms with van der Waals surface area (Å²) in [5.74, 6) is -3.18. The minimum Gasteiger partial charge on any atom is -0.506 e. The number of nitro groups is 1. The van der Waals surface area contributed by atoms with Crippen molar-refractivity contribution in [1.29, 1.82) is 0 Å². The summed E-state index contributed by atoms with van der Waals surface area (Å²) in [6.07, 6.45) is 0. The first kappa shape index (κ1) is 17.7. The number of rotatable bonds is 4. The first-order valence-corrected chi connectivity index (χ1v) is 6.76. The van der Waals surface area contributed by atoms with Gasteiger partial charge >= 0.3 is 11.3 Å². The zero-order chi connectivity index (χ0) is 18.9. The van der Waals surface area contributed by atoms with Crippen molar-refractivity contribution in [2.75, 3.05) is 0 Å². The Hall–Kier alpha value is -3.69. The summed E-state index contributed by atoms with van der Waals surface area (Å²) in [4.78, 5) is 37.2. The predicted molar refractivity (Wildman–Crippen MR) is 84.9 cm³/mol. The summed E-state index contributed by atoms with van der Waals surface area (Å²) in [7, 11) is 0. The zero-order valence-corrected chi connectivity index (χ0v) is 13.0. The molecule has 1 aromatic heterocycles. The van der Waals surface area contributed by atoms with Crippen LogP contribution in [0.15, 0.2) is 32.4 Å². The van der Waals surface area contributed by atoms with Crippen molar-refractivity contribution in [2.24, 2.45) is 4.99 Å². The largest absolute Gasteiger partial charge is 0.506 e. The van der Waals surface area contributed by atoms with E-state index in [1.165, 1.54) is 13.0 Å². The van der Waals surface area contributed by atoms with Gasteiger partial charge in [-0.05, 0) is 19.9 Å². The van der Waals surface area contributed by atoms with Crippen LogP contribution >= 0.6 is 0 Å². The lowest BCUT2D eigenvalue weighted by atomic mass is 10.1. The molecule has 0 unspecified atom stereocenters. The van der Waals surface area contributed by atoms with Gasteiger partial charge < -0.3 is 19.7 Å². The Labute approximate surface area is 139 Å². The number of aromatic hydroxyl groups is 3. The minimum atomic E-state index is -1.13. The summed E-state index contributed by atoms with van der Waals surface area (Å²) in [6, 6.07) is 3.22. The number of carbonyl (C=O) groups is 1. The number of ketones is 1. The lowest BCUT2D eigenvalue weighted by molar-refractivity contribution is -0.385. The second-order valence-electron chi connectivity index (χ2n) is 4.98. The fourth-order valence-corrected chi connectivity index (χ4v) is 2.13. The fraction of sp³-hybridized carbons (Fsp3) is 0.133. The number of Topliss-reactive ketones (excluding diaryl/α,β-unsaturated/α-hetero) is 1. The number of nitro benzene ring substituents is 1. The Bertz CT molecular complexity index is 974. The Morgan fingerprint density at radius 3 is 2.36 bits per heavy atom. The van der Waals surface area contributed by atoms with E-state index in [4.69, 9.17) is 0 Å². The van der Waals surface area contributed by atoms with Crippen LogP contribution in [-0.4, -0.2) is 31.7 Å². The van der Waals surface area contributed by atoms with Crippen LogP contribution in [0.3, 0.4) is 0 Å². The molecule has 0 fully saturated rings. The highest BCUT2D eigenvalue weighted by Gasteiger charge is 2.24. The fourth-order valence-electron chi connectivity index (χ4n) is 2.13. The van der Waals surface area contributed by atoms with Crippen molar-refractivity contribution < 1.29 is 29.5 Å². The molecule has 10 heteroatoms. The van der Waals surface area contributed by atoms with Crippen molar-refractivity contribution in [3.8, 4) is 17.4 Å². The molecule has 0 spiro atoms. The maximum absolute atomic E-state index is 11.9. The third kappa shape index (κ3) is 3.32. The van der Waals surface area contributed by atoms with E-state index in [9.17, 15) is 35.0 Å². The molecule has 0 saturated heterocycles. The van der Waals surface area contributed by atoms with Gasteiger partial charge in [-0.25, -0.2) is 4.79 Å². The predicted octanol–water partition coefficient (Wildman–Crippen LogP) is 2.01. The van der Waals surface area contributed by atoms with E-state index < -0.39 is 50.6 Å². The third-order valence-electron chi connectivity index (χ3n) is 3.25. The highest BCUT2D eigenvalue weighted by atomic mass is 16.6. The SMILES string of the molecule is CC(=O)c1c(O)oc(=O)c(C(C)=Nc2ccc([N+](=O)[O-])c(O)c2)c1O. The Morgan fingerprint density at radius 2 is 1.84 bits per heavy atom. The van der Waals surface area contributed by atoms with Crippen LogP contribution in [0.1, 0.15) is 29.8 Å². The third-order valence-corrected chi connectivity index (χ3v) is 3.25. The summed E-state index contributed by atoms with van der Waals surface area (Å²) < 4.78 is 4.51. The highest BCUT2D eigenvalue weighted by molar-refractivity contribution is 6.07. The number of aliphatic imine (C=N–C) groups is 1. The van der Waals surface area contributed by atoms with Gasteiger partial charge in [0.15, 0.2) is 11.5 Å². The number of carbonyl (C=O) groups excluding carboxylic acids is 1. The number of hydrogen-bond acceptors (Lipinski definition) is 9. The Balaban J connectivity index is 2.60. The van der Waals surface area contributed by atoms with Crippen molar-refractivity contribution in [3.63, 3.8) is 0 Å². The van der Waals surface area contributed by atoms with Gasteiger partial charge in [-0.15, -0.1) is 0 Å². The van der Waals surface area contributed by atoms with Gasteiger partial charge in [0.1, 0.15) is 16.9 Å². The Morgan fingerprint density at radius 1 is 1.20 bits per heavy atom. The molecule has 1 heterocycles. The van der Waals surface area contributed by atoms with Crippen molar-refractivity contribution in [1.82, 2.24) is 0 Å². The second-order valence-corrected chi connectivity index (χ2v) is 4.98. The summed E-state index contributed by atoms with van der Waals surface area (Å²) >= 11 is 0. The highest BCUT2D eigenvalue weighted by Crippen LogP contribution is 2.32. The van der Waals surface area contributed by atoms with E-state index in [-0.39, 0.29) is 11.4 Å². The molecule has 25 heavy (non-hydrogen) atoms. The molecule has 0 radical (unpaired) electrons. The molecule has 1 aromatic carbocycles. The van der Waals surface area contributed by atoms with Crippen LogP contribution in [0, 0.1) is 10.1 Å². The smallest absolute Gasteiger partial charge is 0.351 e. The molecule has 3 N–H and O–H groups in total. The van der Waals surface area contributed by atoms with E-state index >= 15 is 0 Å². The number of nitrogens with zero attached hydrogens (tertiary/aromatic N) is 2. The monoisotopic (exact) mass is 348 g/mol. The van der Waals surface area contributed by atoms with Gasteiger partial charge in [0.2, 0.25) is 0 Å². The van der Waals surface area contributed by atoms with E-state index in [0.29, 0.717) is 0 Å². The average molecular weight is 348 g/mol. The molecule has 0 saturated carbocycles. The van der Waals surface area contributed by atoms with Crippen molar-refractivity contribution in [3.05, 3.63) is 49.9 Å². The lowest BCUT2D eigenvalue weighted by Gasteiger charge is -2.07. The summed E-state index contributed by atoms with van der Waals surface area (Å²) in [5, 5.41) is 39.8. The number of phenols is 1. The van der Waals surface area contributed by atoms with Crippen LogP contribution in [-0.2, 0) is 0 Å². The zero-order valence-electron chi connectivity index (χ0n) is 13.0. The second kappa shape index (κ2) is 6.43. The van der Waals surface area contributed by atoms with Crippen molar-refractivity contribution in [2.45, 2.75) is 13.8 Å². The number of hydrogen-bond donors (Lipinski definition) is 3. The van der Waals surface area contributed by atoms with E-state index in [1.807, 2.05) is 0 Å².